The van der Waals surface area contributed by atoms with E-state index in [1.165, 1.54) is 19.2 Å². The molecule has 1 aromatic carbocycles. The first-order valence-electron chi connectivity index (χ1n) is 6.52. The van der Waals surface area contributed by atoms with Gasteiger partial charge in [-0.3, -0.25) is 0 Å². The third-order valence-electron chi connectivity index (χ3n) is 3.02. The molecule has 0 aliphatic heterocycles. The quantitative estimate of drug-likeness (QED) is 0.726. The molecule has 120 valence electrons. The number of hydrogen-bond donors (Lipinski definition) is 2. The lowest BCUT2D eigenvalue weighted by Crippen LogP contribution is -2.28. The van der Waals surface area contributed by atoms with Crippen LogP contribution in [-0.2, 0) is 10.9 Å². The molecule has 0 aliphatic carbocycles. The molecule has 0 fully saturated rings. The predicted octanol–water partition coefficient (Wildman–Crippen LogP) is 2.70. The fraction of sp³-hybridized carbons (Fsp3) is 0.571. The van der Waals surface area contributed by atoms with E-state index in [0.717, 1.165) is 12.1 Å². The van der Waals surface area contributed by atoms with Gasteiger partial charge in [-0.2, -0.15) is 13.2 Å². The number of halogens is 4. The van der Waals surface area contributed by atoms with E-state index >= 15 is 0 Å². The minimum Gasteiger partial charge on any atom is -0.391 e. The molecule has 0 spiro atoms. The first-order chi connectivity index (χ1) is 9.88. The molecule has 0 radical (unpaired) electrons. The van der Waals surface area contributed by atoms with E-state index in [9.17, 15) is 22.7 Å². The molecule has 2 N–H and O–H groups in total. The van der Waals surface area contributed by atoms with Gasteiger partial charge in [-0.15, -0.1) is 0 Å². The van der Waals surface area contributed by atoms with Crippen LogP contribution >= 0.6 is 0 Å². The SMILES string of the molecule is COCC(O)CCNC(CF)c1ccc(C(F)(F)F)cc1. The molecule has 3 nitrogen and oxygen atoms in total. The molecule has 0 saturated carbocycles. The third-order valence-corrected chi connectivity index (χ3v) is 3.02. The Bertz CT molecular complexity index is 408. The van der Waals surface area contributed by atoms with Crippen LogP contribution in [0.5, 0.6) is 0 Å². The van der Waals surface area contributed by atoms with Crippen molar-refractivity contribution in [2.45, 2.75) is 24.7 Å². The van der Waals surface area contributed by atoms with Crippen molar-refractivity contribution in [3.8, 4) is 0 Å². The smallest absolute Gasteiger partial charge is 0.391 e. The predicted molar refractivity (Wildman–Crippen MR) is 70.7 cm³/mol. The molecular formula is C14H19F4NO2. The maximum Gasteiger partial charge on any atom is 0.416 e. The zero-order valence-electron chi connectivity index (χ0n) is 11.7. The third kappa shape index (κ3) is 5.99. The fourth-order valence-corrected chi connectivity index (χ4v) is 1.87. The molecule has 0 amide bonds. The van der Waals surface area contributed by atoms with Crippen LogP contribution in [0, 0.1) is 0 Å². The lowest BCUT2D eigenvalue weighted by atomic mass is 10.1. The monoisotopic (exact) mass is 309 g/mol. The average Bonchev–Trinajstić information content (AvgIpc) is 2.43. The Balaban J connectivity index is 2.56. The number of hydrogen-bond acceptors (Lipinski definition) is 3. The van der Waals surface area contributed by atoms with Crippen molar-refractivity contribution in [1.29, 1.82) is 0 Å². The van der Waals surface area contributed by atoms with E-state index in [1.54, 1.807) is 0 Å². The van der Waals surface area contributed by atoms with Gasteiger partial charge in [-0.25, -0.2) is 4.39 Å². The normalized spacial score (nSPS) is 15.0. The van der Waals surface area contributed by atoms with Gasteiger partial charge in [0, 0.05) is 7.11 Å². The van der Waals surface area contributed by atoms with Crippen LogP contribution in [0.1, 0.15) is 23.6 Å². The van der Waals surface area contributed by atoms with Gasteiger partial charge in [0.15, 0.2) is 0 Å². The van der Waals surface area contributed by atoms with Crippen LogP contribution in [0.2, 0.25) is 0 Å². The Morgan fingerprint density at radius 3 is 2.33 bits per heavy atom. The van der Waals surface area contributed by atoms with E-state index in [2.05, 4.69) is 5.32 Å². The molecule has 0 aliphatic rings. The standard InChI is InChI=1S/C14H19F4NO2/c1-21-9-12(20)6-7-19-13(8-15)10-2-4-11(5-3-10)14(16,17)18/h2-5,12-13,19-20H,6-9H2,1H3. The number of rotatable bonds is 8. The van der Waals surface area contributed by atoms with Gasteiger partial charge in [0.1, 0.15) is 6.67 Å². The molecule has 0 saturated heterocycles. The van der Waals surface area contributed by atoms with Crippen LogP contribution in [0.4, 0.5) is 17.6 Å². The summed E-state index contributed by atoms with van der Waals surface area (Å²) in [6.07, 6.45) is -4.69. The van der Waals surface area contributed by atoms with E-state index in [4.69, 9.17) is 4.74 Å². The summed E-state index contributed by atoms with van der Waals surface area (Å²) in [5.74, 6) is 0. The highest BCUT2D eigenvalue weighted by Gasteiger charge is 2.30. The van der Waals surface area contributed by atoms with Gasteiger partial charge in [0.2, 0.25) is 0 Å². The molecule has 1 rings (SSSR count). The first-order valence-corrected chi connectivity index (χ1v) is 6.52. The highest BCUT2D eigenvalue weighted by Crippen LogP contribution is 2.29. The van der Waals surface area contributed by atoms with Crippen LogP contribution in [0.25, 0.3) is 0 Å². The molecule has 2 atom stereocenters. The molecule has 0 bridgehead atoms. The van der Waals surface area contributed by atoms with Crippen LogP contribution in [0.3, 0.4) is 0 Å². The Morgan fingerprint density at radius 2 is 1.86 bits per heavy atom. The van der Waals surface area contributed by atoms with Crippen LogP contribution in [0.15, 0.2) is 24.3 Å². The largest absolute Gasteiger partial charge is 0.416 e. The summed E-state index contributed by atoms with van der Waals surface area (Å²) in [4.78, 5) is 0. The number of nitrogens with one attached hydrogen (secondary N) is 1. The van der Waals surface area contributed by atoms with Gasteiger partial charge >= 0.3 is 6.18 Å². The molecule has 0 aromatic heterocycles. The molecular weight excluding hydrogens is 290 g/mol. The molecule has 1 aromatic rings. The highest BCUT2D eigenvalue weighted by molar-refractivity contribution is 5.26. The average molecular weight is 309 g/mol. The highest BCUT2D eigenvalue weighted by atomic mass is 19.4. The molecule has 21 heavy (non-hydrogen) atoms. The van der Waals surface area contributed by atoms with Crippen molar-refractivity contribution in [1.82, 2.24) is 5.32 Å². The number of aliphatic hydroxyl groups excluding tert-OH is 1. The van der Waals surface area contributed by atoms with Gasteiger partial charge in [0.25, 0.3) is 0 Å². The second-order valence-corrected chi connectivity index (χ2v) is 4.68. The first kappa shape index (κ1) is 17.9. The summed E-state index contributed by atoms with van der Waals surface area (Å²) >= 11 is 0. The second-order valence-electron chi connectivity index (χ2n) is 4.68. The Labute approximate surface area is 120 Å². The maximum absolute atomic E-state index is 13.0. The lowest BCUT2D eigenvalue weighted by Gasteiger charge is -2.18. The Hall–Kier alpha value is -1.18. The van der Waals surface area contributed by atoms with Crippen molar-refractivity contribution in [2.24, 2.45) is 0 Å². The second kappa shape index (κ2) is 8.31. The van der Waals surface area contributed by atoms with Gasteiger partial charge in [-0.1, -0.05) is 12.1 Å². The van der Waals surface area contributed by atoms with Gasteiger partial charge in [-0.05, 0) is 30.7 Å². The fourth-order valence-electron chi connectivity index (χ4n) is 1.87. The van der Waals surface area contributed by atoms with E-state index in [0.29, 0.717) is 18.5 Å². The molecule has 2 unspecified atom stereocenters. The summed E-state index contributed by atoms with van der Waals surface area (Å²) in [7, 11) is 1.46. The lowest BCUT2D eigenvalue weighted by molar-refractivity contribution is -0.137. The van der Waals surface area contributed by atoms with Crippen LogP contribution in [-0.4, -0.2) is 38.1 Å². The van der Waals surface area contributed by atoms with Crippen molar-refractivity contribution >= 4 is 0 Å². The summed E-state index contributed by atoms with van der Waals surface area (Å²) in [6, 6.07) is 3.68. The van der Waals surface area contributed by atoms with Crippen molar-refractivity contribution < 1.29 is 27.4 Å². The minimum absolute atomic E-state index is 0.183. The number of aliphatic hydroxyl groups is 1. The Kier molecular flexibility index (Phi) is 7.07. The summed E-state index contributed by atoms with van der Waals surface area (Å²) in [5.41, 5.74) is -0.328. The maximum atomic E-state index is 13.0. The number of methoxy groups -OCH3 is 1. The minimum atomic E-state index is -4.40. The van der Waals surface area contributed by atoms with E-state index in [1.807, 2.05) is 0 Å². The number of benzene rings is 1. The van der Waals surface area contributed by atoms with Gasteiger partial charge < -0.3 is 15.2 Å². The zero-order chi connectivity index (χ0) is 15.9. The van der Waals surface area contributed by atoms with Crippen molar-refractivity contribution in [3.05, 3.63) is 35.4 Å². The van der Waals surface area contributed by atoms with E-state index in [-0.39, 0.29) is 6.61 Å². The van der Waals surface area contributed by atoms with Crippen molar-refractivity contribution in [2.75, 3.05) is 26.9 Å². The molecule has 7 heteroatoms. The summed E-state index contributed by atoms with van der Waals surface area (Å²) in [6.45, 7) is -0.228. The van der Waals surface area contributed by atoms with Crippen LogP contribution < -0.4 is 5.32 Å². The van der Waals surface area contributed by atoms with E-state index < -0.39 is 30.6 Å². The van der Waals surface area contributed by atoms with Crippen molar-refractivity contribution in [3.63, 3.8) is 0 Å². The summed E-state index contributed by atoms with van der Waals surface area (Å²) in [5, 5.41) is 12.3. The van der Waals surface area contributed by atoms with Gasteiger partial charge in [0.05, 0.1) is 24.3 Å². The summed E-state index contributed by atoms with van der Waals surface area (Å²) < 4.78 is 55.0. The Morgan fingerprint density at radius 1 is 1.24 bits per heavy atom. The zero-order valence-corrected chi connectivity index (χ0v) is 11.7. The topological polar surface area (TPSA) is 41.5 Å². The molecule has 0 heterocycles. The number of alkyl halides is 4. The number of ether oxygens (including phenoxy) is 1.